The van der Waals surface area contributed by atoms with Gasteiger partial charge in [-0.15, -0.1) is 0 Å². The molecule has 2 N–H and O–H groups in total. The molecule has 0 amide bonds. The van der Waals surface area contributed by atoms with Crippen molar-refractivity contribution in [3.05, 3.63) is 28.2 Å². The van der Waals surface area contributed by atoms with Crippen molar-refractivity contribution in [2.45, 2.75) is 13.0 Å². The maximum atomic E-state index is 5.76. The van der Waals surface area contributed by atoms with E-state index in [0.717, 1.165) is 15.8 Å². The van der Waals surface area contributed by atoms with E-state index in [9.17, 15) is 0 Å². The number of methoxy groups -OCH3 is 1. The first-order valence-electron chi connectivity index (χ1n) is 3.74. The highest BCUT2D eigenvalue weighted by Gasteiger charge is 2.06. The highest BCUT2D eigenvalue weighted by atomic mass is 79.9. The Hall–Kier alpha value is -0.540. The summed E-state index contributed by atoms with van der Waals surface area (Å²) in [5, 5.41) is 0. The van der Waals surface area contributed by atoms with E-state index in [2.05, 4.69) is 15.9 Å². The van der Waals surface area contributed by atoms with Crippen LogP contribution >= 0.6 is 15.9 Å². The lowest BCUT2D eigenvalue weighted by atomic mass is 10.1. The van der Waals surface area contributed by atoms with Crippen LogP contribution in [0.25, 0.3) is 0 Å². The van der Waals surface area contributed by atoms with Gasteiger partial charge in [-0.1, -0.05) is 15.9 Å². The van der Waals surface area contributed by atoms with Crippen LogP contribution < -0.4 is 10.5 Å². The lowest BCUT2D eigenvalue weighted by Crippen LogP contribution is -2.06. The van der Waals surface area contributed by atoms with Crippen molar-refractivity contribution in [2.24, 2.45) is 5.73 Å². The monoisotopic (exact) mass is 229 g/mol. The predicted octanol–water partition coefficient (Wildman–Crippen LogP) is 2.48. The van der Waals surface area contributed by atoms with E-state index in [1.54, 1.807) is 7.11 Å². The fourth-order valence-corrected chi connectivity index (χ4v) is 1.44. The first-order valence-corrected chi connectivity index (χ1v) is 4.53. The lowest BCUT2D eigenvalue weighted by Gasteiger charge is -2.11. The molecule has 12 heavy (non-hydrogen) atoms. The first-order chi connectivity index (χ1) is 5.65. The van der Waals surface area contributed by atoms with Crippen molar-refractivity contribution in [2.75, 3.05) is 7.11 Å². The Morgan fingerprint density at radius 3 is 2.67 bits per heavy atom. The molecular formula is C9H12BrNO. The molecule has 66 valence electrons. The second-order valence-corrected chi connectivity index (χ2v) is 3.59. The number of ether oxygens (including phenoxy) is 1. The van der Waals surface area contributed by atoms with E-state index in [4.69, 9.17) is 10.5 Å². The van der Waals surface area contributed by atoms with Gasteiger partial charge in [0.05, 0.1) is 7.11 Å². The molecule has 1 aromatic carbocycles. The van der Waals surface area contributed by atoms with E-state index < -0.39 is 0 Å². The standard InChI is InChI=1S/C9H12BrNO/c1-6(11)8-5-7(10)3-4-9(8)12-2/h3-6H,11H2,1-2H3/t6-/m0/s1. The molecule has 0 unspecified atom stereocenters. The van der Waals surface area contributed by atoms with Crippen molar-refractivity contribution >= 4 is 15.9 Å². The molecule has 0 aliphatic rings. The van der Waals surface area contributed by atoms with Crippen LogP contribution in [0, 0.1) is 0 Å². The van der Waals surface area contributed by atoms with Gasteiger partial charge in [-0.2, -0.15) is 0 Å². The zero-order valence-electron chi connectivity index (χ0n) is 7.17. The van der Waals surface area contributed by atoms with Crippen molar-refractivity contribution in [1.29, 1.82) is 0 Å². The first kappa shape index (κ1) is 9.55. The third-order valence-electron chi connectivity index (χ3n) is 1.68. The minimum absolute atomic E-state index is 0.00236. The summed E-state index contributed by atoms with van der Waals surface area (Å²) in [6.07, 6.45) is 0. The van der Waals surface area contributed by atoms with Crippen LogP contribution in [0.1, 0.15) is 18.5 Å². The summed E-state index contributed by atoms with van der Waals surface area (Å²) in [5.74, 6) is 0.841. The topological polar surface area (TPSA) is 35.2 Å². The SMILES string of the molecule is COc1ccc(Br)cc1[C@H](C)N. The van der Waals surface area contributed by atoms with Crippen molar-refractivity contribution in [3.8, 4) is 5.75 Å². The van der Waals surface area contributed by atoms with Gasteiger partial charge in [-0.3, -0.25) is 0 Å². The normalized spacial score (nSPS) is 12.7. The maximum absolute atomic E-state index is 5.76. The van der Waals surface area contributed by atoms with Crippen LogP contribution in [0.3, 0.4) is 0 Å². The van der Waals surface area contributed by atoms with E-state index in [0.29, 0.717) is 0 Å². The number of hydrogen-bond donors (Lipinski definition) is 1. The largest absolute Gasteiger partial charge is 0.496 e. The maximum Gasteiger partial charge on any atom is 0.123 e. The fourth-order valence-electron chi connectivity index (χ4n) is 1.06. The number of rotatable bonds is 2. The molecule has 0 heterocycles. The van der Waals surface area contributed by atoms with Gasteiger partial charge >= 0.3 is 0 Å². The van der Waals surface area contributed by atoms with Crippen LogP contribution in [0.5, 0.6) is 5.75 Å². The van der Waals surface area contributed by atoms with Gasteiger partial charge in [0.15, 0.2) is 0 Å². The second kappa shape index (κ2) is 3.92. The highest BCUT2D eigenvalue weighted by Crippen LogP contribution is 2.26. The lowest BCUT2D eigenvalue weighted by molar-refractivity contribution is 0.407. The van der Waals surface area contributed by atoms with Gasteiger partial charge in [-0.05, 0) is 25.1 Å². The summed E-state index contributed by atoms with van der Waals surface area (Å²) in [5.41, 5.74) is 6.78. The summed E-state index contributed by atoms with van der Waals surface area (Å²) < 4.78 is 6.18. The van der Waals surface area contributed by atoms with Crippen LogP contribution in [-0.2, 0) is 0 Å². The Morgan fingerprint density at radius 1 is 1.50 bits per heavy atom. The quantitative estimate of drug-likeness (QED) is 0.846. The molecule has 1 rings (SSSR count). The summed E-state index contributed by atoms with van der Waals surface area (Å²) in [6, 6.07) is 5.81. The van der Waals surface area contributed by atoms with Crippen LogP contribution in [0.2, 0.25) is 0 Å². The third kappa shape index (κ3) is 1.99. The molecule has 1 atom stereocenters. The summed E-state index contributed by atoms with van der Waals surface area (Å²) in [6.45, 7) is 1.93. The van der Waals surface area contributed by atoms with Crippen molar-refractivity contribution in [3.63, 3.8) is 0 Å². The zero-order valence-corrected chi connectivity index (χ0v) is 8.76. The van der Waals surface area contributed by atoms with Gasteiger partial charge in [0.1, 0.15) is 5.75 Å². The van der Waals surface area contributed by atoms with Gasteiger partial charge in [0, 0.05) is 16.1 Å². The van der Waals surface area contributed by atoms with Crippen molar-refractivity contribution in [1.82, 2.24) is 0 Å². The minimum Gasteiger partial charge on any atom is -0.496 e. The minimum atomic E-state index is -0.00236. The van der Waals surface area contributed by atoms with E-state index in [1.165, 1.54) is 0 Å². The molecular weight excluding hydrogens is 218 g/mol. The van der Waals surface area contributed by atoms with Gasteiger partial charge in [0.2, 0.25) is 0 Å². The number of hydrogen-bond acceptors (Lipinski definition) is 2. The van der Waals surface area contributed by atoms with Crippen LogP contribution in [0.15, 0.2) is 22.7 Å². The molecule has 0 saturated heterocycles. The molecule has 0 spiro atoms. The molecule has 0 aromatic heterocycles. The molecule has 0 saturated carbocycles. The van der Waals surface area contributed by atoms with Gasteiger partial charge < -0.3 is 10.5 Å². The zero-order chi connectivity index (χ0) is 9.14. The Bertz CT molecular complexity index is 273. The molecule has 0 radical (unpaired) electrons. The number of nitrogens with two attached hydrogens (primary N) is 1. The predicted molar refractivity (Wildman–Crippen MR) is 53.3 cm³/mol. The summed E-state index contributed by atoms with van der Waals surface area (Å²) in [4.78, 5) is 0. The van der Waals surface area contributed by atoms with Crippen LogP contribution in [-0.4, -0.2) is 7.11 Å². The van der Waals surface area contributed by atoms with Crippen LogP contribution in [0.4, 0.5) is 0 Å². The Morgan fingerprint density at radius 2 is 2.17 bits per heavy atom. The Balaban J connectivity index is 3.12. The number of halogens is 1. The van der Waals surface area contributed by atoms with Gasteiger partial charge in [0.25, 0.3) is 0 Å². The fraction of sp³-hybridized carbons (Fsp3) is 0.333. The average molecular weight is 230 g/mol. The second-order valence-electron chi connectivity index (χ2n) is 2.67. The Labute approximate surface area is 80.8 Å². The smallest absolute Gasteiger partial charge is 0.123 e. The highest BCUT2D eigenvalue weighted by molar-refractivity contribution is 9.10. The van der Waals surface area contributed by atoms with Gasteiger partial charge in [-0.25, -0.2) is 0 Å². The number of benzene rings is 1. The third-order valence-corrected chi connectivity index (χ3v) is 2.18. The summed E-state index contributed by atoms with van der Waals surface area (Å²) in [7, 11) is 1.65. The molecule has 0 bridgehead atoms. The van der Waals surface area contributed by atoms with E-state index in [1.807, 2.05) is 25.1 Å². The van der Waals surface area contributed by atoms with Crippen molar-refractivity contribution < 1.29 is 4.74 Å². The molecule has 1 aromatic rings. The molecule has 0 fully saturated rings. The molecule has 3 heteroatoms. The molecule has 0 aliphatic carbocycles. The summed E-state index contributed by atoms with van der Waals surface area (Å²) >= 11 is 3.38. The average Bonchev–Trinajstić information content (AvgIpc) is 2.04. The molecule has 2 nitrogen and oxygen atoms in total. The van der Waals surface area contributed by atoms with E-state index in [-0.39, 0.29) is 6.04 Å². The van der Waals surface area contributed by atoms with E-state index >= 15 is 0 Å². The Kier molecular flexibility index (Phi) is 3.12. The molecule has 0 aliphatic heterocycles.